The number of carbonyl (C=O) groups excluding carboxylic acids is 2. The molecule has 1 saturated heterocycles. The predicted molar refractivity (Wildman–Crippen MR) is 155 cm³/mol. The monoisotopic (exact) mass is 655 g/mol. The number of methoxy groups -OCH3 is 1. The summed E-state index contributed by atoms with van der Waals surface area (Å²) in [6.07, 6.45) is -2.29. The SMILES string of the molecule is CCn1nccc1C(=O)N[C@H](c1cn2nc(C[C@H]3C[C@@H](C(F)(F)F)CNC3=O)c(N(C)CCOC)nc2n1)C1CCC(F)(F)CC1. The van der Waals surface area contributed by atoms with Crippen LogP contribution in [0.5, 0.6) is 0 Å². The number of nitrogens with one attached hydrogen (secondary N) is 2. The number of rotatable bonds is 11. The van der Waals surface area contributed by atoms with Gasteiger partial charge < -0.3 is 20.3 Å². The molecule has 1 aliphatic heterocycles. The van der Waals surface area contributed by atoms with Gasteiger partial charge in [0.25, 0.3) is 11.7 Å². The van der Waals surface area contributed by atoms with E-state index in [0.29, 0.717) is 36.9 Å². The molecule has 0 unspecified atom stereocenters. The van der Waals surface area contributed by atoms with Gasteiger partial charge in [-0.1, -0.05) is 0 Å². The van der Waals surface area contributed by atoms with Crippen LogP contribution in [0.3, 0.4) is 0 Å². The molecule has 2 fully saturated rings. The first-order valence-electron chi connectivity index (χ1n) is 15.3. The van der Waals surface area contributed by atoms with Crippen molar-refractivity contribution in [1.29, 1.82) is 0 Å². The lowest BCUT2D eigenvalue weighted by molar-refractivity contribution is -0.183. The average Bonchev–Trinajstić information content (AvgIpc) is 3.66. The van der Waals surface area contributed by atoms with Crippen molar-refractivity contribution in [3.63, 3.8) is 0 Å². The van der Waals surface area contributed by atoms with Crippen molar-refractivity contribution in [3.8, 4) is 0 Å². The molecular formula is C29H38F5N9O3. The van der Waals surface area contributed by atoms with E-state index in [1.54, 1.807) is 24.2 Å². The maximum Gasteiger partial charge on any atom is 0.393 e. The number of hydrogen-bond donors (Lipinski definition) is 2. The third kappa shape index (κ3) is 7.39. The first kappa shape index (κ1) is 33.5. The fourth-order valence-electron chi connectivity index (χ4n) is 6.17. The molecule has 12 nitrogen and oxygen atoms in total. The van der Waals surface area contributed by atoms with Gasteiger partial charge in [0.15, 0.2) is 5.82 Å². The number of hydrogen-bond acceptors (Lipinski definition) is 8. The topological polar surface area (TPSA) is 132 Å². The van der Waals surface area contributed by atoms with Gasteiger partial charge in [-0.3, -0.25) is 14.3 Å². The number of imidazole rings is 1. The summed E-state index contributed by atoms with van der Waals surface area (Å²) in [4.78, 5) is 37.1. The zero-order chi connectivity index (χ0) is 33.2. The molecule has 2 amide bonds. The number of ether oxygens (including phenoxy) is 1. The van der Waals surface area contributed by atoms with Crippen LogP contribution in [0.1, 0.15) is 66.9 Å². The molecule has 4 heterocycles. The molecule has 0 spiro atoms. The van der Waals surface area contributed by atoms with Gasteiger partial charge in [-0.25, -0.2) is 18.3 Å². The largest absolute Gasteiger partial charge is 0.393 e. The minimum absolute atomic E-state index is 0.111. The molecule has 3 aromatic heterocycles. The maximum absolute atomic E-state index is 14.1. The van der Waals surface area contributed by atoms with Gasteiger partial charge in [0, 0.05) is 65.2 Å². The first-order chi connectivity index (χ1) is 21.8. The average molecular weight is 656 g/mol. The van der Waals surface area contributed by atoms with Crippen LogP contribution in [0.2, 0.25) is 0 Å². The smallest absolute Gasteiger partial charge is 0.383 e. The molecule has 3 aromatic rings. The fourth-order valence-corrected chi connectivity index (χ4v) is 6.17. The summed E-state index contributed by atoms with van der Waals surface area (Å²) in [5.41, 5.74) is 0.935. The summed E-state index contributed by atoms with van der Waals surface area (Å²) in [6.45, 7) is 2.49. The third-order valence-corrected chi connectivity index (χ3v) is 8.83. The van der Waals surface area contributed by atoms with Gasteiger partial charge in [-0.05, 0) is 38.2 Å². The number of carbonyl (C=O) groups is 2. The highest BCUT2D eigenvalue weighted by Gasteiger charge is 2.45. The summed E-state index contributed by atoms with van der Waals surface area (Å²) < 4.78 is 76.9. The van der Waals surface area contributed by atoms with Crippen molar-refractivity contribution in [2.24, 2.45) is 17.8 Å². The molecule has 5 rings (SSSR count). The van der Waals surface area contributed by atoms with E-state index in [1.165, 1.54) is 22.5 Å². The van der Waals surface area contributed by atoms with E-state index < -0.39 is 48.3 Å². The Bertz CT molecular complexity index is 1530. The minimum Gasteiger partial charge on any atom is -0.383 e. The number of likely N-dealkylation sites (N-methyl/N-ethyl adjacent to an activating group) is 1. The highest BCUT2D eigenvalue weighted by atomic mass is 19.4. The zero-order valence-electron chi connectivity index (χ0n) is 25.9. The van der Waals surface area contributed by atoms with E-state index in [2.05, 4.69) is 30.8 Å². The number of piperidine rings is 1. The molecular weight excluding hydrogens is 617 g/mol. The number of alkyl halides is 5. The second-order valence-corrected chi connectivity index (χ2v) is 12.0. The van der Waals surface area contributed by atoms with Gasteiger partial charge >= 0.3 is 6.18 Å². The van der Waals surface area contributed by atoms with E-state index >= 15 is 0 Å². The molecule has 3 atom stereocenters. The summed E-state index contributed by atoms with van der Waals surface area (Å²) in [5, 5.41) is 14.1. The lowest BCUT2D eigenvalue weighted by atomic mass is 9.81. The molecule has 0 aromatic carbocycles. The molecule has 2 N–H and O–H groups in total. The Balaban J connectivity index is 1.51. The van der Waals surface area contributed by atoms with Crippen molar-refractivity contribution in [3.05, 3.63) is 35.5 Å². The van der Waals surface area contributed by atoms with Gasteiger partial charge in [-0.15, -0.1) is 0 Å². The standard InChI is InChI=1S/C29H38F5N9O3/c1-4-42-22(7-10-36-42)26(45)38-23(17-5-8-28(30,31)9-6-17)21-16-43-27(37-21)39-24(41(2)11-12-46-3)20(40-43)14-18-13-19(29(32,33)34)15-35-25(18)44/h7,10,16-19,23H,4-6,8-9,11-15H2,1-3H3,(H,35,44)(H,38,45)/t18-,19-,23+/m1/s1. The van der Waals surface area contributed by atoms with Crippen molar-refractivity contribution < 1.29 is 36.3 Å². The molecule has 1 aliphatic carbocycles. The van der Waals surface area contributed by atoms with E-state index in [0.717, 1.165) is 0 Å². The van der Waals surface area contributed by atoms with E-state index in [1.807, 2.05) is 6.92 Å². The summed E-state index contributed by atoms with van der Waals surface area (Å²) in [7, 11) is 3.24. The molecule has 17 heteroatoms. The molecule has 0 radical (unpaired) electrons. The summed E-state index contributed by atoms with van der Waals surface area (Å²) in [5.74, 6) is -6.32. The van der Waals surface area contributed by atoms with Crippen LogP contribution in [0.25, 0.3) is 5.78 Å². The summed E-state index contributed by atoms with van der Waals surface area (Å²) >= 11 is 0. The predicted octanol–water partition coefficient (Wildman–Crippen LogP) is 3.58. The van der Waals surface area contributed by atoms with Crippen LogP contribution in [0.15, 0.2) is 18.5 Å². The number of halogens is 5. The number of aromatic nitrogens is 6. The Kier molecular flexibility index (Phi) is 9.79. The Morgan fingerprint density at radius 2 is 2.00 bits per heavy atom. The van der Waals surface area contributed by atoms with Crippen molar-refractivity contribution in [1.82, 2.24) is 40.0 Å². The van der Waals surface area contributed by atoms with Crippen LogP contribution in [0.4, 0.5) is 27.8 Å². The van der Waals surface area contributed by atoms with Gasteiger partial charge in [0.1, 0.15) is 11.4 Å². The zero-order valence-corrected chi connectivity index (χ0v) is 25.9. The second-order valence-electron chi connectivity index (χ2n) is 12.0. The molecule has 252 valence electrons. The van der Waals surface area contributed by atoms with Gasteiger partial charge in [-0.2, -0.15) is 28.4 Å². The highest BCUT2D eigenvalue weighted by Crippen LogP contribution is 2.41. The first-order valence-corrected chi connectivity index (χ1v) is 15.3. The van der Waals surface area contributed by atoms with Crippen molar-refractivity contribution in [2.75, 3.05) is 38.8 Å². The Morgan fingerprint density at radius 3 is 2.67 bits per heavy atom. The number of nitrogens with zero attached hydrogens (tertiary/aromatic N) is 7. The molecule has 0 bridgehead atoms. The van der Waals surface area contributed by atoms with Crippen molar-refractivity contribution in [2.45, 2.75) is 70.1 Å². The number of aryl methyl sites for hydroxylation is 1. The minimum atomic E-state index is -4.46. The fraction of sp³-hybridized carbons (Fsp3) is 0.655. The second kappa shape index (κ2) is 13.5. The normalized spacial score (nSPS) is 21.3. The summed E-state index contributed by atoms with van der Waals surface area (Å²) in [6, 6.07) is 0.804. The van der Waals surface area contributed by atoms with Crippen LogP contribution in [0, 0.1) is 17.8 Å². The van der Waals surface area contributed by atoms with Gasteiger partial charge in [0.05, 0.1) is 30.5 Å². The highest BCUT2D eigenvalue weighted by molar-refractivity contribution is 5.92. The van der Waals surface area contributed by atoms with E-state index in [4.69, 9.17) is 4.74 Å². The lowest BCUT2D eigenvalue weighted by Gasteiger charge is -2.33. The molecule has 2 aliphatic rings. The Morgan fingerprint density at radius 1 is 1.26 bits per heavy atom. The van der Waals surface area contributed by atoms with E-state index in [-0.39, 0.29) is 55.9 Å². The number of anilines is 1. The van der Waals surface area contributed by atoms with Crippen molar-refractivity contribution >= 4 is 23.4 Å². The van der Waals surface area contributed by atoms with Crippen LogP contribution >= 0.6 is 0 Å². The molecule has 1 saturated carbocycles. The van der Waals surface area contributed by atoms with Gasteiger partial charge in [0.2, 0.25) is 11.8 Å². The van der Waals surface area contributed by atoms with Crippen LogP contribution in [-0.2, 0) is 22.5 Å². The Hall–Kier alpha value is -3.89. The quantitative estimate of drug-likeness (QED) is 0.300. The molecule has 46 heavy (non-hydrogen) atoms. The lowest BCUT2D eigenvalue weighted by Crippen LogP contribution is -2.47. The van der Waals surface area contributed by atoms with Crippen LogP contribution < -0.4 is 15.5 Å². The number of amides is 2. The maximum atomic E-state index is 14.1. The third-order valence-electron chi connectivity index (χ3n) is 8.83. The van der Waals surface area contributed by atoms with Crippen LogP contribution in [-0.4, -0.2) is 87.1 Å². The number of fused-ring (bicyclic) bond motifs is 1. The van der Waals surface area contributed by atoms with E-state index in [9.17, 15) is 31.5 Å². The Labute approximate surface area is 262 Å².